The number of aromatic nitrogens is 2. The Kier molecular flexibility index (Phi) is 5.87. The van der Waals surface area contributed by atoms with Gasteiger partial charge in [-0.1, -0.05) is 6.07 Å². The number of hydrogen-bond acceptors (Lipinski definition) is 6. The molecule has 0 saturated carbocycles. The lowest BCUT2D eigenvalue weighted by Gasteiger charge is -2.37. The molecule has 7 heteroatoms. The molecule has 1 amide bonds. The summed E-state index contributed by atoms with van der Waals surface area (Å²) in [6, 6.07) is 9.94. The molecule has 0 bridgehead atoms. The first-order chi connectivity index (χ1) is 15.2. The van der Waals surface area contributed by atoms with Crippen LogP contribution in [0.25, 0.3) is 0 Å². The van der Waals surface area contributed by atoms with Gasteiger partial charge in [-0.2, -0.15) is 0 Å². The maximum Gasteiger partial charge on any atom is 0.225 e. The van der Waals surface area contributed by atoms with E-state index in [0.717, 1.165) is 64.1 Å². The zero-order valence-corrected chi connectivity index (χ0v) is 17.9. The van der Waals surface area contributed by atoms with Crippen molar-refractivity contribution < 1.29 is 9.53 Å². The molecule has 7 nitrogen and oxygen atoms in total. The van der Waals surface area contributed by atoms with Gasteiger partial charge in [0.1, 0.15) is 11.9 Å². The number of piperidine rings is 2. The summed E-state index contributed by atoms with van der Waals surface area (Å²) in [4.78, 5) is 26.1. The van der Waals surface area contributed by atoms with Crippen LogP contribution in [-0.4, -0.2) is 58.0 Å². The zero-order chi connectivity index (χ0) is 21.2. The highest BCUT2D eigenvalue weighted by Gasteiger charge is 2.47. The number of anilines is 1. The highest BCUT2D eigenvalue weighted by molar-refractivity contribution is 5.79. The summed E-state index contributed by atoms with van der Waals surface area (Å²) in [5.74, 6) is 1.61. The second-order valence-corrected chi connectivity index (χ2v) is 9.08. The Bertz CT molecular complexity index is 892. The minimum Gasteiger partial charge on any atom is -0.384 e. The average molecular weight is 422 g/mol. The molecule has 3 aliphatic rings. The van der Waals surface area contributed by atoms with E-state index in [2.05, 4.69) is 19.8 Å². The molecule has 2 N–H and O–H groups in total. The number of nitrogens with zero attached hydrogens (tertiary/aromatic N) is 4. The van der Waals surface area contributed by atoms with Crippen LogP contribution in [0, 0.1) is 11.8 Å². The van der Waals surface area contributed by atoms with Crippen LogP contribution in [0.15, 0.2) is 42.7 Å². The van der Waals surface area contributed by atoms with E-state index in [-0.39, 0.29) is 18.1 Å². The van der Waals surface area contributed by atoms with E-state index in [4.69, 9.17) is 10.5 Å². The number of likely N-dealkylation sites (tertiary alicyclic amines) is 2. The first-order valence-corrected chi connectivity index (χ1v) is 11.5. The molecule has 0 aromatic carbocycles. The lowest BCUT2D eigenvalue weighted by atomic mass is 9.89. The van der Waals surface area contributed by atoms with E-state index in [0.29, 0.717) is 17.6 Å². The van der Waals surface area contributed by atoms with Gasteiger partial charge >= 0.3 is 0 Å². The maximum absolute atomic E-state index is 13.1. The second kappa shape index (κ2) is 8.93. The van der Waals surface area contributed by atoms with Gasteiger partial charge in [-0.15, -0.1) is 0 Å². The molecule has 3 fully saturated rings. The summed E-state index contributed by atoms with van der Waals surface area (Å²) >= 11 is 0. The molecule has 0 spiro atoms. The van der Waals surface area contributed by atoms with E-state index < -0.39 is 0 Å². The van der Waals surface area contributed by atoms with Crippen LogP contribution >= 0.6 is 0 Å². The van der Waals surface area contributed by atoms with E-state index in [1.54, 1.807) is 6.20 Å². The molecule has 2 unspecified atom stereocenters. The third-order valence-electron chi connectivity index (χ3n) is 7.01. The van der Waals surface area contributed by atoms with E-state index in [1.165, 1.54) is 5.56 Å². The number of pyridine rings is 2. The van der Waals surface area contributed by atoms with Crippen LogP contribution in [0.3, 0.4) is 0 Å². The van der Waals surface area contributed by atoms with Crippen molar-refractivity contribution in [3.8, 4) is 0 Å². The smallest absolute Gasteiger partial charge is 0.225 e. The number of carbonyl (C=O) groups is 1. The molecule has 164 valence electrons. The first-order valence-electron chi connectivity index (χ1n) is 11.5. The largest absolute Gasteiger partial charge is 0.384 e. The third-order valence-corrected chi connectivity index (χ3v) is 7.01. The van der Waals surface area contributed by atoms with Crippen LogP contribution in [0.5, 0.6) is 0 Å². The number of carbonyl (C=O) groups excluding carboxylic acids is 1. The Morgan fingerprint density at radius 2 is 1.84 bits per heavy atom. The average Bonchev–Trinajstić information content (AvgIpc) is 3.61. The zero-order valence-electron chi connectivity index (χ0n) is 17.9. The lowest BCUT2D eigenvalue weighted by molar-refractivity contribution is -0.138. The van der Waals surface area contributed by atoms with Gasteiger partial charge in [0.25, 0.3) is 0 Å². The summed E-state index contributed by atoms with van der Waals surface area (Å²) in [6.45, 7) is 4.50. The van der Waals surface area contributed by atoms with Gasteiger partial charge < -0.3 is 15.4 Å². The fourth-order valence-corrected chi connectivity index (χ4v) is 5.16. The summed E-state index contributed by atoms with van der Waals surface area (Å²) in [5, 5.41) is 0. The molecule has 3 saturated heterocycles. The molecule has 2 aromatic rings. The number of amides is 1. The third kappa shape index (κ3) is 4.72. The number of ether oxygens (including phenoxy) is 1. The van der Waals surface area contributed by atoms with Gasteiger partial charge in [0, 0.05) is 37.9 Å². The van der Waals surface area contributed by atoms with Gasteiger partial charge in [0.05, 0.1) is 11.8 Å². The molecular formula is C24H31N5O2. The summed E-state index contributed by atoms with van der Waals surface area (Å²) < 4.78 is 5.94. The molecular weight excluding hydrogens is 390 g/mol. The van der Waals surface area contributed by atoms with Crippen molar-refractivity contribution in [2.24, 2.45) is 11.8 Å². The SMILES string of the molecule is Nc1cc(CN2CCC(C(=O)N3CCC(C4OC4c4ccccn4)CC3)CC2)ccn1. The quantitative estimate of drug-likeness (QED) is 0.747. The number of rotatable bonds is 5. The fourth-order valence-electron chi connectivity index (χ4n) is 5.16. The Balaban J connectivity index is 1.06. The van der Waals surface area contributed by atoms with Crippen LogP contribution in [0.4, 0.5) is 5.82 Å². The summed E-state index contributed by atoms with van der Waals surface area (Å²) in [6.07, 6.45) is 7.94. The maximum atomic E-state index is 13.1. The number of epoxide rings is 1. The molecule has 2 aromatic heterocycles. The Labute approximate surface area is 183 Å². The van der Waals surface area contributed by atoms with Crippen LogP contribution < -0.4 is 5.73 Å². The van der Waals surface area contributed by atoms with Crippen LogP contribution in [0.2, 0.25) is 0 Å². The minimum atomic E-state index is 0.147. The Hall–Kier alpha value is -2.51. The van der Waals surface area contributed by atoms with Crippen molar-refractivity contribution in [3.63, 3.8) is 0 Å². The van der Waals surface area contributed by atoms with E-state index in [1.807, 2.05) is 36.5 Å². The standard InChI is InChI=1S/C24H31N5O2/c25-21-15-17(4-10-27-21)16-28-11-5-19(6-12-28)24(30)29-13-7-18(8-14-29)22-23(31-22)20-3-1-2-9-26-20/h1-4,9-10,15,18-19,22-23H,5-8,11-14,16H2,(H2,25,27). The molecule has 5 rings (SSSR count). The molecule has 3 aliphatic heterocycles. The highest BCUT2D eigenvalue weighted by Crippen LogP contribution is 2.45. The number of nitrogen functional groups attached to an aromatic ring is 1. The molecule has 2 atom stereocenters. The van der Waals surface area contributed by atoms with Crippen molar-refractivity contribution in [2.45, 2.75) is 44.4 Å². The van der Waals surface area contributed by atoms with E-state index in [9.17, 15) is 4.79 Å². The van der Waals surface area contributed by atoms with Crippen molar-refractivity contribution in [3.05, 3.63) is 54.0 Å². The Morgan fingerprint density at radius 1 is 1.03 bits per heavy atom. The van der Waals surface area contributed by atoms with E-state index >= 15 is 0 Å². The van der Waals surface area contributed by atoms with Gasteiger partial charge in [-0.05, 0) is 74.5 Å². The fraction of sp³-hybridized carbons (Fsp3) is 0.542. The van der Waals surface area contributed by atoms with Gasteiger partial charge in [0.2, 0.25) is 5.91 Å². The van der Waals surface area contributed by atoms with Crippen molar-refractivity contribution in [1.29, 1.82) is 0 Å². The van der Waals surface area contributed by atoms with Crippen LogP contribution in [-0.2, 0) is 16.1 Å². The second-order valence-electron chi connectivity index (χ2n) is 9.08. The molecule has 0 radical (unpaired) electrons. The summed E-state index contributed by atoms with van der Waals surface area (Å²) in [7, 11) is 0. The predicted molar refractivity (Wildman–Crippen MR) is 118 cm³/mol. The topological polar surface area (TPSA) is 87.9 Å². The number of hydrogen-bond donors (Lipinski definition) is 1. The highest BCUT2D eigenvalue weighted by atomic mass is 16.6. The first kappa shape index (κ1) is 20.4. The molecule has 31 heavy (non-hydrogen) atoms. The number of nitrogens with two attached hydrogens (primary N) is 1. The van der Waals surface area contributed by atoms with Crippen molar-refractivity contribution in [2.75, 3.05) is 31.9 Å². The normalized spacial score (nSPS) is 25.5. The van der Waals surface area contributed by atoms with Crippen LogP contribution in [0.1, 0.15) is 43.0 Å². The van der Waals surface area contributed by atoms with Gasteiger partial charge in [0.15, 0.2) is 0 Å². The van der Waals surface area contributed by atoms with Crippen molar-refractivity contribution in [1.82, 2.24) is 19.8 Å². The summed E-state index contributed by atoms with van der Waals surface area (Å²) in [5.41, 5.74) is 8.01. The minimum absolute atomic E-state index is 0.147. The Morgan fingerprint density at radius 3 is 2.55 bits per heavy atom. The lowest BCUT2D eigenvalue weighted by Crippen LogP contribution is -2.45. The predicted octanol–water partition coefficient (Wildman–Crippen LogP) is 2.65. The van der Waals surface area contributed by atoms with Gasteiger partial charge in [-0.25, -0.2) is 4.98 Å². The monoisotopic (exact) mass is 421 g/mol. The molecule has 5 heterocycles. The van der Waals surface area contributed by atoms with Crippen molar-refractivity contribution >= 4 is 11.7 Å². The molecule has 0 aliphatic carbocycles. The van der Waals surface area contributed by atoms with Gasteiger partial charge in [-0.3, -0.25) is 14.7 Å².